The molecule has 0 fully saturated rings. The number of carbonyl (C=O) groups excluding carboxylic acids is 1. The molecule has 2 aromatic rings. The van der Waals surface area contributed by atoms with Gasteiger partial charge in [0.05, 0.1) is 26.4 Å². The van der Waals surface area contributed by atoms with Crippen LogP contribution in [0.4, 0.5) is 5.69 Å². The summed E-state index contributed by atoms with van der Waals surface area (Å²) >= 11 is 0. The maximum Gasteiger partial charge on any atom is 0.253 e. The molecular weight excluding hydrogens is 340 g/mol. The van der Waals surface area contributed by atoms with Gasteiger partial charge in [0.15, 0.2) is 0 Å². The zero-order chi connectivity index (χ0) is 19.5. The van der Waals surface area contributed by atoms with Crippen molar-refractivity contribution in [3.05, 3.63) is 65.2 Å². The van der Waals surface area contributed by atoms with Crippen LogP contribution < -0.4 is 10.6 Å². The summed E-state index contributed by atoms with van der Waals surface area (Å²) in [5.74, 6) is -0.0574. The second kappa shape index (κ2) is 11.5. The van der Waals surface area contributed by atoms with Gasteiger partial charge >= 0.3 is 0 Å². The molecule has 2 aromatic carbocycles. The summed E-state index contributed by atoms with van der Waals surface area (Å²) < 4.78 is 10.8. The van der Waals surface area contributed by atoms with Gasteiger partial charge in [-0.3, -0.25) is 4.79 Å². The van der Waals surface area contributed by atoms with E-state index in [9.17, 15) is 4.79 Å². The SMILES string of the molecule is CCc1ccccc1N(Cc1ccccc1C)C(=O)COCCOCCN. The molecule has 0 unspecified atom stereocenters. The van der Waals surface area contributed by atoms with E-state index in [4.69, 9.17) is 15.2 Å². The Balaban J connectivity index is 2.12. The van der Waals surface area contributed by atoms with Gasteiger partial charge in [-0.15, -0.1) is 0 Å². The largest absolute Gasteiger partial charge is 0.378 e. The Hall–Kier alpha value is -2.21. The maximum atomic E-state index is 13.0. The molecule has 0 heterocycles. The Bertz CT molecular complexity index is 718. The number of hydrogen-bond donors (Lipinski definition) is 1. The lowest BCUT2D eigenvalue weighted by Crippen LogP contribution is -2.35. The van der Waals surface area contributed by atoms with Crippen LogP contribution in [0.1, 0.15) is 23.6 Å². The molecule has 0 radical (unpaired) electrons. The average molecular weight is 370 g/mol. The summed E-state index contributed by atoms with van der Waals surface area (Å²) in [5, 5.41) is 0. The van der Waals surface area contributed by atoms with E-state index in [1.165, 1.54) is 5.56 Å². The number of rotatable bonds is 11. The lowest BCUT2D eigenvalue weighted by atomic mass is 10.1. The fourth-order valence-corrected chi connectivity index (χ4v) is 2.88. The van der Waals surface area contributed by atoms with E-state index in [0.717, 1.165) is 23.2 Å². The molecule has 0 aliphatic carbocycles. The maximum absolute atomic E-state index is 13.0. The van der Waals surface area contributed by atoms with Gasteiger partial charge < -0.3 is 20.1 Å². The van der Waals surface area contributed by atoms with Gasteiger partial charge in [0.1, 0.15) is 6.61 Å². The fraction of sp³-hybridized carbons (Fsp3) is 0.409. The van der Waals surface area contributed by atoms with Crippen molar-refractivity contribution < 1.29 is 14.3 Å². The van der Waals surface area contributed by atoms with Crippen LogP contribution in [0.15, 0.2) is 48.5 Å². The van der Waals surface area contributed by atoms with E-state index < -0.39 is 0 Å². The van der Waals surface area contributed by atoms with Gasteiger partial charge in [0.2, 0.25) is 0 Å². The van der Waals surface area contributed by atoms with Crippen molar-refractivity contribution in [2.24, 2.45) is 5.73 Å². The van der Waals surface area contributed by atoms with Crippen LogP contribution in [-0.2, 0) is 27.2 Å². The molecule has 0 atom stereocenters. The molecule has 5 nitrogen and oxygen atoms in total. The highest BCUT2D eigenvalue weighted by atomic mass is 16.5. The average Bonchev–Trinajstić information content (AvgIpc) is 2.70. The molecule has 0 aromatic heterocycles. The number of nitrogens with two attached hydrogens (primary N) is 1. The molecule has 5 heteroatoms. The third-order valence-corrected chi connectivity index (χ3v) is 4.41. The van der Waals surface area contributed by atoms with Crippen LogP contribution >= 0.6 is 0 Å². The van der Waals surface area contributed by atoms with Gasteiger partial charge in [-0.25, -0.2) is 0 Å². The lowest BCUT2D eigenvalue weighted by molar-refractivity contribution is -0.123. The minimum Gasteiger partial charge on any atom is -0.378 e. The zero-order valence-corrected chi connectivity index (χ0v) is 16.3. The normalized spacial score (nSPS) is 10.8. The first-order valence-electron chi connectivity index (χ1n) is 9.45. The quantitative estimate of drug-likeness (QED) is 0.618. The molecule has 0 saturated heterocycles. The number of ether oxygens (including phenoxy) is 2. The summed E-state index contributed by atoms with van der Waals surface area (Å²) in [5.41, 5.74) is 9.76. The summed E-state index contributed by atoms with van der Waals surface area (Å²) in [6.07, 6.45) is 0.863. The van der Waals surface area contributed by atoms with Crippen LogP contribution in [0.5, 0.6) is 0 Å². The van der Waals surface area contributed by atoms with Crippen molar-refractivity contribution in [3.8, 4) is 0 Å². The fourth-order valence-electron chi connectivity index (χ4n) is 2.88. The number of amides is 1. The van der Waals surface area contributed by atoms with Crippen molar-refractivity contribution in [2.45, 2.75) is 26.8 Å². The first-order chi connectivity index (χ1) is 13.2. The summed E-state index contributed by atoms with van der Waals surface area (Å²) in [6.45, 7) is 6.51. The molecule has 2 N–H and O–H groups in total. The predicted octanol–water partition coefficient (Wildman–Crippen LogP) is 3.08. The lowest BCUT2D eigenvalue weighted by Gasteiger charge is -2.26. The molecule has 0 aliphatic heterocycles. The number of anilines is 1. The molecule has 0 aliphatic rings. The van der Waals surface area contributed by atoms with E-state index in [1.54, 1.807) is 0 Å². The van der Waals surface area contributed by atoms with E-state index in [1.807, 2.05) is 35.2 Å². The molecule has 2 rings (SSSR count). The number of para-hydroxylation sites is 1. The minimum atomic E-state index is -0.0574. The molecule has 0 spiro atoms. The summed E-state index contributed by atoms with van der Waals surface area (Å²) in [7, 11) is 0. The highest BCUT2D eigenvalue weighted by Gasteiger charge is 2.19. The van der Waals surface area contributed by atoms with E-state index >= 15 is 0 Å². The molecule has 0 bridgehead atoms. The van der Waals surface area contributed by atoms with Crippen molar-refractivity contribution in [2.75, 3.05) is 37.9 Å². The van der Waals surface area contributed by atoms with E-state index in [2.05, 4.69) is 32.0 Å². The third-order valence-electron chi connectivity index (χ3n) is 4.41. The van der Waals surface area contributed by atoms with Crippen LogP contribution in [-0.4, -0.2) is 38.9 Å². The van der Waals surface area contributed by atoms with E-state index in [0.29, 0.717) is 32.9 Å². The van der Waals surface area contributed by atoms with Gasteiger partial charge in [0, 0.05) is 12.2 Å². The van der Waals surface area contributed by atoms with E-state index in [-0.39, 0.29) is 12.5 Å². The summed E-state index contributed by atoms with van der Waals surface area (Å²) in [4.78, 5) is 14.8. The number of hydrogen-bond acceptors (Lipinski definition) is 4. The van der Waals surface area contributed by atoms with Gasteiger partial charge in [-0.1, -0.05) is 49.4 Å². The van der Waals surface area contributed by atoms with Crippen molar-refractivity contribution in [1.29, 1.82) is 0 Å². The third kappa shape index (κ3) is 6.47. The standard InChI is InChI=1S/C22H30N2O3/c1-3-19-9-6-7-11-21(19)24(16-20-10-5-4-8-18(20)2)22(25)17-27-15-14-26-13-12-23/h4-11H,3,12-17,23H2,1-2H3. The second-order valence-corrected chi connectivity index (χ2v) is 6.34. The topological polar surface area (TPSA) is 64.8 Å². The number of carbonyl (C=O) groups is 1. The number of benzene rings is 2. The molecule has 146 valence electrons. The Kier molecular flexibility index (Phi) is 8.98. The first-order valence-corrected chi connectivity index (χ1v) is 9.45. The van der Waals surface area contributed by atoms with Crippen LogP contribution in [0.25, 0.3) is 0 Å². The van der Waals surface area contributed by atoms with Crippen molar-refractivity contribution >= 4 is 11.6 Å². The molecule has 0 saturated carbocycles. The van der Waals surface area contributed by atoms with Gasteiger partial charge in [0.25, 0.3) is 5.91 Å². The monoisotopic (exact) mass is 370 g/mol. The van der Waals surface area contributed by atoms with Gasteiger partial charge in [-0.2, -0.15) is 0 Å². The number of aryl methyl sites for hydroxylation is 2. The predicted molar refractivity (Wildman–Crippen MR) is 109 cm³/mol. The molecular formula is C22H30N2O3. The Morgan fingerprint density at radius 1 is 0.963 bits per heavy atom. The molecule has 1 amide bonds. The Morgan fingerprint density at radius 2 is 1.63 bits per heavy atom. The van der Waals surface area contributed by atoms with Crippen molar-refractivity contribution in [3.63, 3.8) is 0 Å². The Morgan fingerprint density at radius 3 is 2.33 bits per heavy atom. The zero-order valence-electron chi connectivity index (χ0n) is 16.3. The minimum absolute atomic E-state index is 0.0237. The number of nitrogens with zero attached hydrogens (tertiary/aromatic N) is 1. The molecule has 27 heavy (non-hydrogen) atoms. The highest BCUT2D eigenvalue weighted by molar-refractivity contribution is 5.95. The highest BCUT2D eigenvalue weighted by Crippen LogP contribution is 2.24. The van der Waals surface area contributed by atoms with Crippen LogP contribution in [0.3, 0.4) is 0 Å². The van der Waals surface area contributed by atoms with Crippen LogP contribution in [0.2, 0.25) is 0 Å². The smallest absolute Gasteiger partial charge is 0.253 e. The van der Waals surface area contributed by atoms with Crippen LogP contribution in [0, 0.1) is 6.92 Å². The second-order valence-electron chi connectivity index (χ2n) is 6.34. The van der Waals surface area contributed by atoms with Crippen molar-refractivity contribution in [1.82, 2.24) is 0 Å². The first kappa shape index (κ1) is 21.1. The Labute approximate surface area is 162 Å². The summed E-state index contributed by atoms with van der Waals surface area (Å²) in [6, 6.07) is 16.2. The van der Waals surface area contributed by atoms with Gasteiger partial charge in [-0.05, 0) is 36.1 Å².